The Morgan fingerprint density at radius 2 is 2.05 bits per heavy atom. The van der Waals surface area contributed by atoms with Crippen molar-refractivity contribution in [2.24, 2.45) is 5.41 Å². The third kappa shape index (κ3) is 2.34. The summed E-state index contributed by atoms with van der Waals surface area (Å²) in [5.74, 6) is -1.11. The molecule has 98 valence electrons. The molecule has 0 N–H and O–H groups in total. The van der Waals surface area contributed by atoms with Gasteiger partial charge >= 0.3 is 0 Å². The molecule has 1 aliphatic heterocycles. The smallest absolute Gasteiger partial charge is 0.299 e. The van der Waals surface area contributed by atoms with Crippen molar-refractivity contribution in [3.63, 3.8) is 0 Å². The number of rotatable bonds is 3. The number of anilines is 1. The second-order valence-corrected chi connectivity index (χ2v) is 5.57. The van der Waals surface area contributed by atoms with Crippen LogP contribution in [0.2, 0.25) is 5.02 Å². The van der Waals surface area contributed by atoms with Crippen molar-refractivity contribution in [1.82, 2.24) is 0 Å². The predicted molar refractivity (Wildman–Crippen MR) is 72.1 cm³/mol. The van der Waals surface area contributed by atoms with Gasteiger partial charge in [-0.3, -0.25) is 9.59 Å². The third-order valence-electron chi connectivity index (χ3n) is 3.20. The molecule has 0 spiro atoms. The number of Topliss-reactive ketones (excluding diaryl/α,β-unsaturated/α-hetero) is 1. The van der Waals surface area contributed by atoms with Crippen LogP contribution in [0.3, 0.4) is 0 Å². The molecule has 0 bridgehead atoms. The monoisotopic (exact) mass is 276 g/mol. The molecule has 19 heavy (non-hydrogen) atoms. The van der Waals surface area contributed by atoms with Crippen LogP contribution < -0.4 is 4.90 Å². The van der Waals surface area contributed by atoms with E-state index in [0.29, 0.717) is 29.2 Å². The van der Waals surface area contributed by atoms with Gasteiger partial charge in [-0.05, 0) is 32.4 Å². The van der Waals surface area contributed by atoms with E-state index in [9.17, 15) is 9.59 Å². The number of amides is 1. The van der Waals surface area contributed by atoms with E-state index >= 15 is 0 Å². The van der Waals surface area contributed by atoms with Crippen LogP contribution in [0.5, 0.6) is 0 Å². The first-order valence-corrected chi connectivity index (χ1v) is 6.31. The second-order valence-electron chi connectivity index (χ2n) is 5.17. The quantitative estimate of drug-likeness (QED) is 0.798. The second kappa shape index (κ2) is 4.67. The van der Waals surface area contributed by atoms with Crippen LogP contribution in [0, 0.1) is 16.7 Å². The zero-order valence-corrected chi connectivity index (χ0v) is 11.5. The van der Waals surface area contributed by atoms with Gasteiger partial charge in [0, 0.05) is 6.54 Å². The topological polar surface area (TPSA) is 61.2 Å². The predicted octanol–water partition coefficient (Wildman–Crippen LogP) is 2.81. The molecule has 4 nitrogen and oxygen atoms in total. The minimum atomic E-state index is -0.572. The van der Waals surface area contributed by atoms with Crippen LogP contribution in [-0.4, -0.2) is 18.2 Å². The largest absolute Gasteiger partial charge is 0.303 e. The number of hydrogen-bond donors (Lipinski definition) is 0. The van der Waals surface area contributed by atoms with Gasteiger partial charge in [0.25, 0.3) is 11.7 Å². The molecule has 0 atom stereocenters. The Morgan fingerprint density at radius 1 is 1.37 bits per heavy atom. The highest BCUT2D eigenvalue weighted by molar-refractivity contribution is 6.54. The highest BCUT2D eigenvalue weighted by Crippen LogP contribution is 2.36. The summed E-state index contributed by atoms with van der Waals surface area (Å²) in [6.07, 6.45) is 0.479. The van der Waals surface area contributed by atoms with Crippen molar-refractivity contribution >= 4 is 29.0 Å². The fourth-order valence-electron chi connectivity index (χ4n) is 1.97. The van der Waals surface area contributed by atoms with E-state index in [1.54, 1.807) is 32.0 Å². The van der Waals surface area contributed by atoms with Crippen LogP contribution >= 0.6 is 11.6 Å². The minimum Gasteiger partial charge on any atom is -0.303 e. The van der Waals surface area contributed by atoms with Crippen LogP contribution in [0.25, 0.3) is 0 Å². The number of benzene rings is 1. The van der Waals surface area contributed by atoms with Crippen molar-refractivity contribution in [1.29, 1.82) is 5.26 Å². The SMILES string of the molecule is CC(C)(C#N)CCN1C(=O)C(=O)c2cccc(Cl)c21. The lowest BCUT2D eigenvalue weighted by Crippen LogP contribution is -2.33. The highest BCUT2D eigenvalue weighted by Gasteiger charge is 2.37. The van der Waals surface area contributed by atoms with E-state index < -0.39 is 17.1 Å². The molecule has 1 aromatic carbocycles. The van der Waals surface area contributed by atoms with Gasteiger partial charge < -0.3 is 4.90 Å². The summed E-state index contributed by atoms with van der Waals surface area (Å²) in [6.45, 7) is 3.90. The van der Waals surface area contributed by atoms with Crippen LogP contribution in [-0.2, 0) is 4.79 Å². The molecule has 5 heteroatoms. The standard InChI is InChI=1S/C14H13ClN2O2/c1-14(2,8-16)6-7-17-11-9(12(18)13(17)19)4-3-5-10(11)15/h3-5H,6-7H2,1-2H3. The lowest BCUT2D eigenvalue weighted by molar-refractivity contribution is -0.114. The van der Waals surface area contributed by atoms with Gasteiger partial charge in [0.1, 0.15) is 0 Å². The van der Waals surface area contributed by atoms with Crippen molar-refractivity contribution in [3.8, 4) is 6.07 Å². The maximum absolute atomic E-state index is 12.0. The Bertz CT molecular complexity index is 602. The first-order chi connectivity index (χ1) is 8.87. The summed E-state index contributed by atoms with van der Waals surface area (Å²) < 4.78 is 0. The Labute approximate surface area is 116 Å². The first kappa shape index (κ1) is 13.6. The Kier molecular flexibility index (Phi) is 3.34. The molecule has 1 aromatic rings. The number of nitriles is 1. The van der Waals surface area contributed by atoms with E-state index in [-0.39, 0.29) is 0 Å². The number of hydrogen-bond acceptors (Lipinski definition) is 3. The molecular formula is C14H13ClN2O2. The van der Waals surface area contributed by atoms with Gasteiger partial charge in [0.05, 0.1) is 27.8 Å². The summed E-state index contributed by atoms with van der Waals surface area (Å²) in [6, 6.07) is 7.06. The number of fused-ring (bicyclic) bond motifs is 1. The van der Waals surface area contributed by atoms with Crippen molar-refractivity contribution in [3.05, 3.63) is 28.8 Å². The van der Waals surface area contributed by atoms with Gasteiger partial charge in [0.15, 0.2) is 0 Å². The number of nitrogens with zero attached hydrogens (tertiary/aromatic N) is 2. The molecule has 1 amide bonds. The van der Waals surface area contributed by atoms with Crippen LogP contribution in [0.15, 0.2) is 18.2 Å². The van der Waals surface area contributed by atoms with Crippen LogP contribution in [0.1, 0.15) is 30.6 Å². The lowest BCUT2D eigenvalue weighted by atomic mass is 9.91. The highest BCUT2D eigenvalue weighted by atomic mass is 35.5. The van der Waals surface area contributed by atoms with E-state index in [2.05, 4.69) is 6.07 Å². The average Bonchev–Trinajstić information content (AvgIpc) is 2.62. The Morgan fingerprint density at radius 3 is 2.68 bits per heavy atom. The van der Waals surface area contributed by atoms with Gasteiger partial charge in [-0.25, -0.2) is 0 Å². The minimum absolute atomic E-state index is 0.307. The Balaban J connectivity index is 2.32. The number of halogens is 1. The Hall–Kier alpha value is -1.86. The molecule has 1 aliphatic rings. The summed E-state index contributed by atoms with van der Waals surface area (Å²) >= 11 is 6.07. The normalized spacial score (nSPS) is 14.5. The zero-order chi connectivity index (χ0) is 14.2. The molecule has 0 radical (unpaired) electrons. The van der Waals surface area contributed by atoms with Gasteiger partial charge in [-0.1, -0.05) is 17.7 Å². The van der Waals surface area contributed by atoms with Crippen molar-refractivity contribution in [2.45, 2.75) is 20.3 Å². The summed E-state index contributed by atoms with van der Waals surface area (Å²) in [5.41, 5.74) is 0.257. The molecule has 2 rings (SSSR count). The summed E-state index contributed by atoms with van der Waals surface area (Å²) in [5, 5.41) is 9.37. The molecular weight excluding hydrogens is 264 g/mol. The maximum Gasteiger partial charge on any atom is 0.299 e. The fraction of sp³-hybridized carbons (Fsp3) is 0.357. The molecule has 1 heterocycles. The molecule has 0 fully saturated rings. The number of carbonyl (C=O) groups excluding carboxylic acids is 2. The zero-order valence-electron chi connectivity index (χ0n) is 10.7. The van der Waals surface area contributed by atoms with Crippen molar-refractivity contribution < 1.29 is 9.59 Å². The molecule has 0 saturated carbocycles. The lowest BCUT2D eigenvalue weighted by Gasteiger charge is -2.22. The van der Waals surface area contributed by atoms with Gasteiger partial charge in [-0.2, -0.15) is 5.26 Å². The van der Waals surface area contributed by atoms with Gasteiger partial charge in [0.2, 0.25) is 0 Å². The molecule has 0 aliphatic carbocycles. The van der Waals surface area contributed by atoms with Gasteiger partial charge in [-0.15, -0.1) is 0 Å². The summed E-state index contributed by atoms with van der Waals surface area (Å²) in [7, 11) is 0. The van der Waals surface area contributed by atoms with E-state index in [1.807, 2.05) is 0 Å². The molecule has 0 unspecified atom stereocenters. The average molecular weight is 277 g/mol. The maximum atomic E-state index is 12.0. The van der Waals surface area contributed by atoms with E-state index in [1.165, 1.54) is 4.90 Å². The number of carbonyl (C=O) groups is 2. The number of ketones is 1. The number of para-hydroxylation sites is 1. The van der Waals surface area contributed by atoms with E-state index in [4.69, 9.17) is 16.9 Å². The summed E-state index contributed by atoms with van der Waals surface area (Å²) in [4.78, 5) is 25.2. The fourth-order valence-corrected chi connectivity index (χ4v) is 2.25. The van der Waals surface area contributed by atoms with Crippen molar-refractivity contribution in [2.75, 3.05) is 11.4 Å². The first-order valence-electron chi connectivity index (χ1n) is 5.93. The van der Waals surface area contributed by atoms with E-state index in [0.717, 1.165) is 0 Å². The third-order valence-corrected chi connectivity index (χ3v) is 3.51. The van der Waals surface area contributed by atoms with Crippen LogP contribution in [0.4, 0.5) is 5.69 Å². The molecule has 0 saturated heterocycles. The molecule has 0 aromatic heterocycles.